The Morgan fingerprint density at radius 1 is 0.472 bits per heavy atom. The van der Waals surface area contributed by atoms with Crippen molar-refractivity contribution in [1.29, 1.82) is 0 Å². The largest absolute Gasteiger partial charge is 0.455 e. The standard InChI is InChI=1S/C48H27N3OS/c1-2-11-28(12-3-1)30-22-23-33-37-26-25-34-32-15-7-9-20-41(32)51(44(34)47(37)53-42(33)27-30)48-49-40-19-8-6-16-38(40)43(50-48)39-18-10-17-35-36-24-21-29-13-4-5-14-31(29)45(36)52-46(35)39/h1-27H. The van der Waals surface area contributed by atoms with Crippen LogP contribution in [0, 0.1) is 0 Å². The summed E-state index contributed by atoms with van der Waals surface area (Å²) < 4.78 is 11.6. The molecular formula is C48H27N3OS. The van der Waals surface area contributed by atoms with Crippen LogP contribution >= 0.6 is 11.3 Å². The molecule has 0 N–H and O–H groups in total. The van der Waals surface area contributed by atoms with Crippen LogP contribution in [0.3, 0.4) is 0 Å². The van der Waals surface area contributed by atoms with E-state index in [1.54, 1.807) is 0 Å². The molecule has 0 atom stereocenters. The monoisotopic (exact) mass is 693 g/mol. The van der Waals surface area contributed by atoms with E-state index in [2.05, 4.69) is 168 Å². The summed E-state index contributed by atoms with van der Waals surface area (Å²) >= 11 is 1.84. The number of para-hydroxylation sites is 3. The van der Waals surface area contributed by atoms with Crippen molar-refractivity contribution in [3.05, 3.63) is 164 Å². The van der Waals surface area contributed by atoms with Gasteiger partial charge in [0.15, 0.2) is 0 Å². The lowest BCUT2D eigenvalue weighted by Crippen LogP contribution is -2.03. The van der Waals surface area contributed by atoms with Gasteiger partial charge in [-0.05, 0) is 46.8 Å². The van der Waals surface area contributed by atoms with E-state index in [1.165, 1.54) is 42.1 Å². The van der Waals surface area contributed by atoms with Crippen LogP contribution in [0.1, 0.15) is 0 Å². The quantitative estimate of drug-likeness (QED) is 0.185. The number of thiophene rings is 1. The molecule has 0 aliphatic carbocycles. The molecule has 0 saturated heterocycles. The van der Waals surface area contributed by atoms with Gasteiger partial charge in [-0.25, -0.2) is 9.97 Å². The van der Waals surface area contributed by atoms with Crippen molar-refractivity contribution in [2.24, 2.45) is 0 Å². The Hall–Kier alpha value is -6.82. The minimum atomic E-state index is 0.637. The molecular weight excluding hydrogens is 667 g/mol. The predicted molar refractivity (Wildman–Crippen MR) is 222 cm³/mol. The van der Waals surface area contributed by atoms with Crippen molar-refractivity contribution in [2.45, 2.75) is 0 Å². The smallest absolute Gasteiger partial charge is 0.235 e. The van der Waals surface area contributed by atoms with Crippen LogP contribution in [0.15, 0.2) is 168 Å². The van der Waals surface area contributed by atoms with Gasteiger partial charge in [-0.3, -0.25) is 4.57 Å². The summed E-state index contributed by atoms with van der Waals surface area (Å²) in [6.07, 6.45) is 0. The number of nitrogens with zero attached hydrogens (tertiary/aromatic N) is 3. The fourth-order valence-corrected chi connectivity index (χ4v) is 9.66. The third-order valence-corrected chi connectivity index (χ3v) is 12.0. The molecule has 12 rings (SSSR count). The van der Waals surface area contributed by atoms with Crippen molar-refractivity contribution in [2.75, 3.05) is 0 Å². The van der Waals surface area contributed by atoms with E-state index in [1.807, 2.05) is 11.3 Å². The molecule has 4 aromatic heterocycles. The molecule has 4 heterocycles. The molecule has 0 amide bonds. The molecule has 12 aromatic rings. The van der Waals surface area contributed by atoms with E-state index in [4.69, 9.17) is 14.4 Å². The molecule has 0 fully saturated rings. The van der Waals surface area contributed by atoms with Crippen molar-refractivity contribution < 1.29 is 4.42 Å². The van der Waals surface area contributed by atoms with E-state index >= 15 is 0 Å². The molecule has 0 bridgehead atoms. The minimum Gasteiger partial charge on any atom is -0.455 e. The molecule has 0 spiro atoms. The Morgan fingerprint density at radius 3 is 2.11 bits per heavy atom. The number of benzene rings is 8. The van der Waals surface area contributed by atoms with Crippen LogP contribution in [0.25, 0.3) is 114 Å². The zero-order valence-corrected chi connectivity index (χ0v) is 29.1. The molecule has 0 radical (unpaired) electrons. The number of furan rings is 1. The average Bonchev–Trinajstić information content (AvgIpc) is 3.90. The van der Waals surface area contributed by atoms with Crippen LogP contribution in [0.5, 0.6) is 0 Å². The second-order valence-electron chi connectivity index (χ2n) is 13.7. The SMILES string of the molecule is c1ccc(-c2ccc3c(c2)sc2c3ccc3c4ccccc4n(-c4nc(-c5cccc6c5oc5c7ccccc7ccc65)c5ccccc5n4)c32)cc1. The van der Waals surface area contributed by atoms with Crippen LogP contribution in [-0.4, -0.2) is 14.5 Å². The Kier molecular flexibility index (Phi) is 5.90. The highest BCUT2D eigenvalue weighted by atomic mass is 32.1. The van der Waals surface area contributed by atoms with E-state index in [-0.39, 0.29) is 0 Å². The number of aromatic nitrogens is 3. The molecule has 0 aliphatic heterocycles. The summed E-state index contributed by atoms with van der Waals surface area (Å²) in [5.41, 5.74) is 9.05. The zero-order chi connectivity index (χ0) is 34.6. The predicted octanol–water partition coefficient (Wildman–Crippen LogP) is 13.5. The summed E-state index contributed by atoms with van der Waals surface area (Å²) in [7, 11) is 0. The third kappa shape index (κ3) is 4.11. The maximum atomic E-state index is 6.84. The van der Waals surface area contributed by atoms with E-state index in [0.717, 1.165) is 65.9 Å². The number of fused-ring (bicyclic) bond motifs is 13. The van der Waals surface area contributed by atoms with Gasteiger partial charge in [-0.1, -0.05) is 133 Å². The minimum absolute atomic E-state index is 0.637. The van der Waals surface area contributed by atoms with Crippen molar-refractivity contribution >= 4 is 96.9 Å². The van der Waals surface area contributed by atoms with Gasteiger partial charge in [0.2, 0.25) is 5.95 Å². The molecule has 8 aromatic carbocycles. The normalized spacial score (nSPS) is 12.2. The number of rotatable bonds is 3. The molecule has 0 unspecified atom stereocenters. The first kappa shape index (κ1) is 28.8. The van der Waals surface area contributed by atoms with E-state index < -0.39 is 0 Å². The molecule has 5 heteroatoms. The Bertz CT molecular complexity index is 3460. The second-order valence-corrected chi connectivity index (χ2v) is 14.8. The summed E-state index contributed by atoms with van der Waals surface area (Å²) in [4.78, 5) is 10.8. The molecule has 53 heavy (non-hydrogen) atoms. The lowest BCUT2D eigenvalue weighted by molar-refractivity contribution is 0.673. The maximum Gasteiger partial charge on any atom is 0.235 e. The Morgan fingerprint density at radius 2 is 1.19 bits per heavy atom. The third-order valence-electron chi connectivity index (χ3n) is 10.8. The van der Waals surface area contributed by atoms with Gasteiger partial charge in [0.25, 0.3) is 0 Å². The topological polar surface area (TPSA) is 43.9 Å². The first-order chi connectivity index (χ1) is 26.3. The number of hydrogen-bond acceptors (Lipinski definition) is 4. The van der Waals surface area contributed by atoms with Crippen LogP contribution < -0.4 is 0 Å². The van der Waals surface area contributed by atoms with Gasteiger partial charge in [0, 0.05) is 53.4 Å². The summed E-state index contributed by atoms with van der Waals surface area (Å²) in [6, 6.07) is 58.1. The Labute approximate surface area is 306 Å². The van der Waals surface area contributed by atoms with Crippen molar-refractivity contribution in [3.8, 4) is 28.3 Å². The van der Waals surface area contributed by atoms with E-state index in [0.29, 0.717) is 5.95 Å². The first-order valence-electron chi connectivity index (χ1n) is 17.8. The fraction of sp³-hybridized carbons (Fsp3) is 0. The van der Waals surface area contributed by atoms with Crippen LogP contribution in [0.4, 0.5) is 0 Å². The lowest BCUT2D eigenvalue weighted by atomic mass is 10.0. The highest BCUT2D eigenvalue weighted by Crippen LogP contribution is 2.45. The van der Waals surface area contributed by atoms with Gasteiger partial charge in [-0.2, -0.15) is 0 Å². The van der Waals surface area contributed by atoms with Gasteiger partial charge in [0.05, 0.1) is 26.9 Å². The van der Waals surface area contributed by atoms with Gasteiger partial charge in [-0.15, -0.1) is 11.3 Å². The average molecular weight is 694 g/mol. The van der Waals surface area contributed by atoms with Crippen molar-refractivity contribution in [3.63, 3.8) is 0 Å². The molecule has 246 valence electrons. The van der Waals surface area contributed by atoms with Gasteiger partial charge in [0.1, 0.15) is 11.2 Å². The molecule has 0 aliphatic rings. The summed E-state index contributed by atoms with van der Waals surface area (Å²) in [6.45, 7) is 0. The van der Waals surface area contributed by atoms with Crippen LogP contribution in [-0.2, 0) is 0 Å². The molecule has 4 nitrogen and oxygen atoms in total. The summed E-state index contributed by atoms with van der Waals surface area (Å²) in [5.74, 6) is 0.637. The highest BCUT2D eigenvalue weighted by Gasteiger charge is 2.22. The second kappa shape index (κ2) is 10.8. The lowest BCUT2D eigenvalue weighted by Gasteiger charge is -2.12. The number of hydrogen-bond donors (Lipinski definition) is 0. The first-order valence-corrected chi connectivity index (χ1v) is 18.6. The fourth-order valence-electron chi connectivity index (χ4n) is 8.38. The van der Waals surface area contributed by atoms with Gasteiger partial charge < -0.3 is 4.42 Å². The van der Waals surface area contributed by atoms with Crippen molar-refractivity contribution in [1.82, 2.24) is 14.5 Å². The molecule has 0 saturated carbocycles. The van der Waals surface area contributed by atoms with E-state index in [9.17, 15) is 0 Å². The Balaban J connectivity index is 1.16. The van der Waals surface area contributed by atoms with Crippen LogP contribution in [0.2, 0.25) is 0 Å². The summed E-state index contributed by atoms with van der Waals surface area (Å²) in [5, 5.41) is 10.3. The highest BCUT2D eigenvalue weighted by molar-refractivity contribution is 7.26. The zero-order valence-electron chi connectivity index (χ0n) is 28.2. The maximum absolute atomic E-state index is 6.84. The van der Waals surface area contributed by atoms with Gasteiger partial charge >= 0.3 is 0 Å².